The van der Waals surface area contributed by atoms with Crippen LogP contribution < -0.4 is 0 Å². The smallest absolute Gasteiger partial charge is 0.133 e. The monoisotopic (exact) mass is 164 g/mol. The third kappa shape index (κ3) is 3.06. The van der Waals surface area contributed by atoms with E-state index in [9.17, 15) is 0 Å². The summed E-state index contributed by atoms with van der Waals surface area (Å²) in [5.74, 6) is 0.862. The molecule has 0 bridgehead atoms. The highest BCUT2D eigenvalue weighted by molar-refractivity contribution is 8.03. The Morgan fingerprint density at radius 2 is 2.18 bits per heavy atom. The van der Waals surface area contributed by atoms with Gasteiger partial charge in [0.25, 0.3) is 0 Å². The lowest BCUT2D eigenvalue weighted by Crippen LogP contribution is -1.86. The summed E-state index contributed by atoms with van der Waals surface area (Å²) in [6.45, 7) is 0. The Labute approximate surface area is 70.3 Å². The van der Waals surface area contributed by atoms with E-state index < -0.39 is 0 Å². The SMILES string of the molecule is N#CSCCc1ccncc1. The van der Waals surface area contributed by atoms with Gasteiger partial charge < -0.3 is 0 Å². The van der Waals surface area contributed by atoms with Gasteiger partial charge in [-0.1, -0.05) is 0 Å². The molecule has 0 unspecified atom stereocenters. The van der Waals surface area contributed by atoms with Crippen LogP contribution in [0.15, 0.2) is 24.5 Å². The van der Waals surface area contributed by atoms with Crippen molar-refractivity contribution in [3.63, 3.8) is 0 Å². The highest BCUT2D eigenvalue weighted by Gasteiger charge is 1.90. The van der Waals surface area contributed by atoms with Gasteiger partial charge in [-0.2, -0.15) is 5.26 Å². The fourth-order valence-corrected chi connectivity index (χ4v) is 1.19. The molecule has 0 fully saturated rings. The minimum Gasteiger partial charge on any atom is -0.265 e. The Hall–Kier alpha value is -1.01. The second-order valence-corrected chi connectivity index (χ2v) is 2.92. The van der Waals surface area contributed by atoms with E-state index in [0.29, 0.717) is 0 Å². The van der Waals surface area contributed by atoms with Gasteiger partial charge in [-0.05, 0) is 35.9 Å². The van der Waals surface area contributed by atoms with Crippen LogP contribution in [0.1, 0.15) is 5.56 Å². The molecule has 0 spiro atoms. The summed E-state index contributed by atoms with van der Waals surface area (Å²) in [6, 6.07) is 3.94. The van der Waals surface area contributed by atoms with Crippen molar-refractivity contribution < 1.29 is 0 Å². The molecule has 0 amide bonds. The van der Waals surface area contributed by atoms with Gasteiger partial charge in [0.1, 0.15) is 5.40 Å². The number of thioether (sulfide) groups is 1. The first-order valence-corrected chi connectivity index (χ1v) is 4.32. The molecule has 11 heavy (non-hydrogen) atoms. The van der Waals surface area contributed by atoms with Crippen molar-refractivity contribution in [2.24, 2.45) is 0 Å². The quantitative estimate of drug-likeness (QED) is 0.505. The maximum Gasteiger partial charge on any atom is 0.133 e. The molecular formula is C8H8N2S. The van der Waals surface area contributed by atoms with E-state index in [-0.39, 0.29) is 0 Å². The number of thiocyanates is 1. The van der Waals surface area contributed by atoms with Crippen LogP contribution in [0, 0.1) is 10.7 Å². The number of pyridine rings is 1. The molecule has 0 N–H and O–H groups in total. The van der Waals surface area contributed by atoms with Crippen molar-refractivity contribution in [2.75, 3.05) is 5.75 Å². The summed E-state index contributed by atoms with van der Waals surface area (Å²) in [5.41, 5.74) is 1.24. The zero-order valence-electron chi connectivity index (χ0n) is 6.03. The zero-order chi connectivity index (χ0) is 7.94. The highest BCUT2D eigenvalue weighted by atomic mass is 32.2. The third-order valence-corrected chi connectivity index (χ3v) is 1.84. The van der Waals surface area contributed by atoms with Crippen molar-refractivity contribution in [1.82, 2.24) is 4.98 Å². The van der Waals surface area contributed by atoms with Gasteiger partial charge in [-0.25, -0.2) is 0 Å². The number of aromatic nitrogens is 1. The molecule has 3 heteroatoms. The van der Waals surface area contributed by atoms with Gasteiger partial charge in [-0.15, -0.1) is 0 Å². The molecule has 1 heterocycles. The number of hydrogen-bond donors (Lipinski definition) is 0. The normalized spacial score (nSPS) is 9.00. The number of nitriles is 1. The Morgan fingerprint density at radius 3 is 2.82 bits per heavy atom. The van der Waals surface area contributed by atoms with E-state index >= 15 is 0 Å². The van der Waals surface area contributed by atoms with Crippen molar-refractivity contribution in [3.8, 4) is 5.40 Å². The predicted molar refractivity (Wildman–Crippen MR) is 46.0 cm³/mol. The first-order valence-electron chi connectivity index (χ1n) is 3.33. The number of hydrogen-bond acceptors (Lipinski definition) is 3. The fourth-order valence-electron chi connectivity index (χ4n) is 0.764. The minimum absolute atomic E-state index is 0.862. The van der Waals surface area contributed by atoms with E-state index in [4.69, 9.17) is 5.26 Å². The summed E-state index contributed by atoms with van der Waals surface area (Å²) in [5, 5.41) is 10.3. The molecule has 0 saturated heterocycles. The second kappa shape index (κ2) is 4.75. The molecule has 1 rings (SSSR count). The van der Waals surface area contributed by atoms with Gasteiger partial charge in [-0.3, -0.25) is 4.98 Å². The number of rotatable bonds is 3. The summed E-state index contributed by atoms with van der Waals surface area (Å²) in [7, 11) is 0. The molecule has 56 valence electrons. The first kappa shape index (κ1) is 8.09. The molecular weight excluding hydrogens is 156 g/mol. The fraction of sp³-hybridized carbons (Fsp3) is 0.250. The number of aryl methyl sites for hydroxylation is 1. The van der Waals surface area contributed by atoms with Gasteiger partial charge in [0, 0.05) is 18.1 Å². The lowest BCUT2D eigenvalue weighted by molar-refractivity contribution is 1.13. The number of nitrogens with zero attached hydrogens (tertiary/aromatic N) is 2. The Bertz CT molecular complexity index is 240. The Morgan fingerprint density at radius 1 is 1.45 bits per heavy atom. The minimum atomic E-state index is 0.862. The van der Waals surface area contributed by atoms with E-state index in [0.717, 1.165) is 12.2 Å². The van der Waals surface area contributed by atoms with Gasteiger partial charge >= 0.3 is 0 Å². The Balaban J connectivity index is 2.35. The van der Waals surface area contributed by atoms with Crippen molar-refractivity contribution in [2.45, 2.75) is 6.42 Å². The van der Waals surface area contributed by atoms with Crippen molar-refractivity contribution >= 4 is 11.8 Å². The molecule has 0 aliphatic heterocycles. The molecule has 0 atom stereocenters. The van der Waals surface area contributed by atoms with Crippen molar-refractivity contribution in [1.29, 1.82) is 5.26 Å². The van der Waals surface area contributed by atoms with Gasteiger partial charge in [0.2, 0.25) is 0 Å². The zero-order valence-corrected chi connectivity index (χ0v) is 6.84. The van der Waals surface area contributed by atoms with Gasteiger partial charge in [0.05, 0.1) is 0 Å². The van der Waals surface area contributed by atoms with E-state index in [1.54, 1.807) is 12.4 Å². The van der Waals surface area contributed by atoms with E-state index in [2.05, 4.69) is 4.98 Å². The van der Waals surface area contributed by atoms with Crippen LogP contribution in [0.3, 0.4) is 0 Å². The third-order valence-electron chi connectivity index (χ3n) is 1.31. The predicted octanol–water partition coefficient (Wildman–Crippen LogP) is 1.84. The van der Waals surface area contributed by atoms with Crippen LogP contribution in [0.5, 0.6) is 0 Å². The van der Waals surface area contributed by atoms with Crippen LogP contribution in [0.4, 0.5) is 0 Å². The molecule has 2 nitrogen and oxygen atoms in total. The topological polar surface area (TPSA) is 36.7 Å². The Kier molecular flexibility index (Phi) is 3.49. The maximum atomic E-state index is 8.24. The molecule has 0 radical (unpaired) electrons. The molecule has 1 aromatic rings. The standard InChI is InChI=1S/C8H8N2S/c9-7-11-6-3-8-1-4-10-5-2-8/h1-2,4-5H,3,6H2. The van der Waals surface area contributed by atoms with Crippen LogP contribution >= 0.6 is 11.8 Å². The van der Waals surface area contributed by atoms with Crippen LogP contribution in [-0.2, 0) is 6.42 Å². The molecule has 0 aliphatic carbocycles. The van der Waals surface area contributed by atoms with Crippen molar-refractivity contribution in [3.05, 3.63) is 30.1 Å². The molecule has 0 aromatic carbocycles. The second-order valence-electron chi connectivity index (χ2n) is 2.05. The maximum absolute atomic E-state index is 8.24. The van der Waals surface area contributed by atoms with E-state index in [1.807, 2.05) is 17.5 Å². The summed E-state index contributed by atoms with van der Waals surface area (Å²) in [4.78, 5) is 3.90. The lowest BCUT2D eigenvalue weighted by Gasteiger charge is -1.94. The summed E-state index contributed by atoms with van der Waals surface area (Å²) < 4.78 is 0. The largest absolute Gasteiger partial charge is 0.265 e. The first-order chi connectivity index (χ1) is 5.43. The summed E-state index contributed by atoms with van der Waals surface area (Å²) in [6.07, 6.45) is 4.49. The average molecular weight is 164 g/mol. The average Bonchev–Trinajstić information content (AvgIpc) is 2.07. The van der Waals surface area contributed by atoms with Crippen LogP contribution in [0.2, 0.25) is 0 Å². The molecule has 1 aromatic heterocycles. The van der Waals surface area contributed by atoms with Crippen LogP contribution in [0.25, 0.3) is 0 Å². The molecule has 0 saturated carbocycles. The van der Waals surface area contributed by atoms with Gasteiger partial charge in [0.15, 0.2) is 0 Å². The van der Waals surface area contributed by atoms with Crippen LogP contribution in [-0.4, -0.2) is 10.7 Å². The molecule has 0 aliphatic rings. The highest BCUT2D eigenvalue weighted by Crippen LogP contribution is 2.03. The summed E-state index contributed by atoms with van der Waals surface area (Å²) >= 11 is 1.29. The van der Waals surface area contributed by atoms with E-state index in [1.165, 1.54) is 17.3 Å². The lowest BCUT2D eigenvalue weighted by atomic mass is 10.2.